The number of nitrogens with one attached hydrogen (secondary N) is 1. The van der Waals surface area contributed by atoms with Gasteiger partial charge in [0.1, 0.15) is 5.76 Å². The largest absolute Gasteiger partial charge is 0.418 e. The van der Waals surface area contributed by atoms with Gasteiger partial charge in [0, 0.05) is 6.42 Å². The molecule has 1 aromatic rings. The maximum atomic E-state index is 11.1. The molecule has 14 heavy (non-hydrogen) atoms. The lowest BCUT2D eigenvalue weighted by Crippen LogP contribution is -2.12. The van der Waals surface area contributed by atoms with Crippen molar-refractivity contribution in [1.29, 1.82) is 0 Å². The molecular weight excluding hydrogens is 270 g/mol. The van der Waals surface area contributed by atoms with Crippen LogP contribution in [-0.2, 0) is 4.74 Å². The molecule has 5 nitrogen and oxygen atoms in total. The van der Waals surface area contributed by atoms with E-state index in [1.165, 1.54) is 11.3 Å². The van der Waals surface area contributed by atoms with E-state index in [1.807, 2.05) is 6.92 Å². The van der Waals surface area contributed by atoms with Gasteiger partial charge >= 0.3 is 6.09 Å². The number of rotatable bonds is 3. The van der Waals surface area contributed by atoms with Gasteiger partial charge in [-0.25, -0.2) is 4.79 Å². The first-order valence-corrected chi connectivity index (χ1v) is 5.38. The summed E-state index contributed by atoms with van der Waals surface area (Å²) >= 11 is 4.33. The summed E-state index contributed by atoms with van der Waals surface area (Å²) in [6.07, 6.45) is -0.00625. The van der Waals surface area contributed by atoms with Crippen molar-refractivity contribution in [3.05, 3.63) is 16.3 Å². The lowest BCUT2D eigenvalue weighted by Gasteiger charge is -2.03. The van der Waals surface area contributed by atoms with E-state index in [2.05, 4.69) is 38.0 Å². The Hall–Kier alpha value is -0.950. The standard InChI is InChI=1S/C7H8BrN3O2S/c1-3-4(2)13-7(12)9-6-11-10-5(8)14-6/h2-3H2,1H3,(H,9,11,12). The Balaban J connectivity index is 2.45. The number of ether oxygens (including phenoxy) is 1. The van der Waals surface area contributed by atoms with Crippen LogP contribution < -0.4 is 5.32 Å². The molecule has 1 N–H and O–H groups in total. The van der Waals surface area contributed by atoms with E-state index in [9.17, 15) is 4.79 Å². The minimum absolute atomic E-state index is 0.380. The number of carbonyl (C=O) groups is 1. The molecule has 0 unspecified atom stereocenters. The topological polar surface area (TPSA) is 64.1 Å². The van der Waals surface area contributed by atoms with Gasteiger partial charge in [-0.1, -0.05) is 24.8 Å². The summed E-state index contributed by atoms with van der Waals surface area (Å²) in [7, 11) is 0. The predicted octanol–water partition coefficient (Wildman–Crippen LogP) is 2.77. The van der Waals surface area contributed by atoms with E-state index in [4.69, 9.17) is 4.74 Å². The summed E-state index contributed by atoms with van der Waals surface area (Å²) in [5.74, 6) is 0.408. The molecule has 1 aromatic heterocycles. The highest BCUT2D eigenvalue weighted by Crippen LogP contribution is 2.20. The number of nitrogens with zero attached hydrogens (tertiary/aromatic N) is 2. The Morgan fingerprint density at radius 2 is 2.43 bits per heavy atom. The highest BCUT2D eigenvalue weighted by atomic mass is 79.9. The normalized spacial score (nSPS) is 9.57. The lowest BCUT2D eigenvalue weighted by molar-refractivity contribution is 0.189. The van der Waals surface area contributed by atoms with Gasteiger partial charge < -0.3 is 4.74 Å². The molecule has 0 fully saturated rings. The smallest absolute Gasteiger partial charge is 0.415 e. The van der Waals surface area contributed by atoms with Crippen molar-refractivity contribution >= 4 is 38.5 Å². The molecule has 0 radical (unpaired) electrons. The van der Waals surface area contributed by atoms with Crippen LogP contribution in [0.4, 0.5) is 9.93 Å². The van der Waals surface area contributed by atoms with Crippen molar-refractivity contribution < 1.29 is 9.53 Å². The van der Waals surface area contributed by atoms with Gasteiger partial charge in [-0.15, -0.1) is 10.2 Å². The molecule has 0 aliphatic carbocycles. The molecule has 0 aliphatic rings. The second kappa shape index (κ2) is 5.06. The van der Waals surface area contributed by atoms with Crippen molar-refractivity contribution in [3.8, 4) is 0 Å². The van der Waals surface area contributed by atoms with Crippen LogP contribution >= 0.6 is 27.3 Å². The van der Waals surface area contributed by atoms with E-state index in [0.29, 0.717) is 21.2 Å². The van der Waals surface area contributed by atoms with Crippen LogP contribution in [0.5, 0.6) is 0 Å². The third-order valence-electron chi connectivity index (χ3n) is 1.24. The van der Waals surface area contributed by atoms with Crippen LogP contribution in [0.1, 0.15) is 13.3 Å². The fourth-order valence-electron chi connectivity index (χ4n) is 0.572. The summed E-state index contributed by atoms with van der Waals surface area (Å²) < 4.78 is 5.39. The first-order valence-electron chi connectivity index (χ1n) is 3.77. The predicted molar refractivity (Wildman–Crippen MR) is 57.1 cm³/mol. The van der Waals surface area contributed by atoms with E-state index in [1.54, 1.807) is 0 Å². The summed E-state index contributed by atoms with van der Waals surface area (Å²) in [6, 6.07) is 0. The molecule has 7 heteroatoms. The van der Waals surface area contributed by atoms with Crippen LogP contribution in [0, 0.1) is 0 Å². The Bertz CT molecular complexity index is 352. The molecular formula is C7H8BrN3O2S. The molecule has 0 atom stereocenters. The van der Waals surface area contributed by atoms with Crippen molar-refractivity contribution in [1.82, 2.24) is 10.2 Å². The minimum Gasteiger partial charge on any atom is -0.415 e. The molecule has 0 aromatic carbocycles. The fraction of sp³-hybridized carbons (Fsp3) is 0.286. The van der Waals surface area contributed by atoms with Gasteiger partial charge in [-0.3, -0.25) is 5.32 Å². The SMILES string of the molecule is C=C(CC)OC(=O)Nc1nnc(Br)s1. The number of aromatic nitrogens is 2. The van der Waals surface area contributed by atoms with Gasteiger partial charge in [0.15, 0.2) is 3.92 Å². The average Bonchev–Trinajstić information content (AvgIpc) is 2.50. The fourth-order valence-corrected chi connectivity index (χ4v) is 1.57. The number of hydrogen-bond donors (Lipinski definition) is 1. The molecule has 0 bridgehead atoms. The number of hydrogen-bond acceptors (Lipinski definition) is 5. The van der Waals surface area contributed by atoms with Gasteiger partial charge in [0.25, 0.3) is 0 Å². The number of carbonyl (C=O) groups excluding carboxylic acids is 1. The quantitative estimate of drug-likeness (QED) is 0.863. The van der Waals surface area contributed by atoms with E-state index < -0.39 is 6.09 Å². The van der Waals surface area contributed by atoms with Crippen molar-refractivity contribution in [2.45, 2.75) is 13.3 Å². The highest BCUT2D eigenvalue weighted by molar-refractivity contribution is 9.11. The molecule has 0 spiro atoms. The second-order valence-corrected chi connectivity index (χ2v) is 4.52. The Morgan fingerprint density at radius 3 is 2.93 bits per heavy atom. The molecule has 76 valence electrons. The molecule has 0 aliphatic heterocycles. The third kappa shape index (κ3) is 3.43. The van der Waals surface area contributed by atoms with Gasteiger partial charge in [0.2, 0.25) is 5.13 Å². The van der Waals surface area contributed by atoms with Crippen LogP contribution in [-0.4, -0.2) is 16.3 Å². The second-order valence-electron chi connectivity index (χ2n) is 2.27. The Labute approximate surface area is 93.3 Å². The highest BCUT2D eigenvalue weighted by Gasteiger charge is 2.08. The Kier molecular flexibility index (Phi) is 4.02. The Morgan fingerprint density at radius 1 is 1.71 bits per heavy atom. The molecule has 1 amide bonds. The van der Waals surface area contributed by atoms with Crippen LogP contribution in [0.25, 0.3) is 0 Å². The first-order chi connectivity index (χ1) is 6.61. The van der Waals surface area contributed by atoms with E-state index in [0.717, 1.165) is 0 Å². The summed E-state index contributed by atoms with van der Waals surface area (Å²) in [5, 5.41) is 10.1. The van der Waals surface area contributed by atoms with Crippen molar-refractivity contribution in [2.75, 3.05) is 5.32 Å². The number of anilines is 1. The zero-order chi connectivity index (χ0) is 10.6. The van der Waals surface area contributed by atoms with Gasteiger partial charge in [0.05, 0.1) is 0 Å². The summed E-state index contributed by atoms with van der Waals surface area (Å²) in [5.41, 5.74) is 0. The van der Waals surface area contributed by atoms with E-state index >= 15 is 0 Å². The zero-order valence-electron chi connectivity index (χ0n) is 7.41. The first kappa shape index (κ1) is 11.1. The maximum absolute atomic E-state index is 11.1. The molecule has 1 heterocycles. The minimum atomic E-state index is -0.597. The van der Waals surface area contributed by atoms with E-state index in [-0.39, 0.29) is 0 Å². The summed E-state index contributed by atoms with van der Waals surface area (Å²) in [6.45, 7) is 5.38. The van der Waals surface area contributed by atoms with Crippen LogP contribution in [0.15, 0.2) is 16.3 Å². The third-order valence-corrected chi connectivity index (χ3v) is 2.51. The summed E-state index contributed by atoms with van der Waals surface area (Å²) in [4.78, 5) is 11.1. The van der Waals surface area contributed by atoms with Gasteiger partial charge in [-0.05, 0) is 15.9 Å². The van der Waals surface area contributed by atoms with Crippen LogP contribution in [0.2, 0.25) is 0 Å². The lowest BCUT2D eigenvalue weighted by atomic mass is 10.4. The van der Waals surface area contributed by atoms with Crippen molar-refractivity contribution in [2.24, 2.45) is 0 Å². The average molecular weight is 278 g/mol. The number of halogens is 1. The molecule has 0 saturated carbocycles. The number of allylic oxidation sites excluding steroid dienone is 1. The molecule has 0 saturated heterocycles. The number of amides is 1. The monoisotopic (exact) mass is 277 g/mol. The van der Waals surface area contributed by atoms with Gasteiger partial charge in [-0.2, -0.15) is 0 Å². The zero-order valence-corrected chi connectivity index (χ0v) is 9.81. The maximum Gasteiger partial charge on any atom is 0.418 e. The van der Waals surface area contributed by atoms with Crippen molar-refractivity contribution in [3.63, 3.8) is 0 Å². The molecule has 1 rings (SSSR count). The van der Waals surface area contributed by atoms with Crippen LogP contribution in [0.3, 0.4) is 0 Å².